The van der Waals surface area contributed by atoms with Gasteiger partial charge in [0.05, 0.1) is 18.8 Å². The minimum absolute atomic E-state index is 0.174. The van der Waals surface area contributed by atoms with Crippen LogP contribution in [0.15, 0.2) is 22.8 Å². The number of aliphatic carboxylic acids is 1. The smallest absolute Gasteiger partial charge is 0.324 e. The third-order valence-corrected chi connectivity index (χ3v) is 4.39. The molecule has 1 fully saturated rings. The Kier molecular flexibility index (Phi) is 4.67. The Balaban J connectivity index is 2.02. The number of nitrogens with zero attached hydrogens (tertiary/aromatic N) is 1. The first kappa shape index (κ1) is 15.6. The number of likely N-dealkylation sites (tertiary alicyclic amines) is 1. The number of carbonyl (C=O) groups excluding carboxylic acids is 1. The van der Waals surface area contributed by atoms with Crippen LogP contribution < -0.4 is 5.32 Å². The fourth-order valence-electron chi connectivity index (χ4n) is 3.10. The molecule has 2 N–H and O–H groups in total. The summed E-state index contributed by atoms with van der Waals surface area (Å²) in [5.41, 5.74) is -0.915. The molecule has 1 saturated heterocycles. The minimum Gasteiger partial charge on any atom is -0.480 e. The lowest BCUT2D eigenvalue weighted by Gasteiger charge is -2.37. The first-order chi connectivity index (χ1) is 10.0. The van der Waals surface area contributed by atoms with Crippen LogP contribution in [-0.2, 0) is 16.1 Å². The van der Waals surface area contributed by atoms with Gasteiger partial charge in [-0.25, -0.2) is 0 Å². The number of carboxylic acid groups (broad SMARTS) is 1. The van der Waals surface area contributed by atoms with Crippen molar-refractivity contribution in [3.8, 4) is 0 Å². The molecule has 6 heteroatoms. The second-order valence-electron chi connectivity index (χ2n) is 5.46. The van der Waals surface area contributed by atoms with Crippen LogP contribution in [0, 0.1) is 0 Å². The molecule has 2 heterocycles. The highest BCUT2D eigenvalue weighted by atomic mass is 16.4. The van der Waals surface area contributed by atoms with Crippen molar-refractivity contribution < 1.29 is 19.1 Å². The SMILES string of the molecule is CCC1(C(=O)O)CCCN1C(C)C(=O)NCc1ccco1. The van der Waals surface area contributed by atoms with Gasteiger partial charge in [-0.15, -0.1) is 0 Å². The Morgan fingerprint density at radius 1 is 1.57 bits per heavy atom. The van der Waals surface area contributed by atoms with Gasteiger partial charge in [0.15, 0.2) is 0 Å². The first-order valence-electron chi connectivity index (χ1n) is 7.31. The van der Waals surface area contributed by atoms with E-state index in [2.05, 4.69) is 5.32 Å². The van der Waals surface area contributed by atoms with Crippen molar-refractivity contribution in [3.63, 3.8) is 0 Å². The summed E-state index contributed by atoms with van der Waals surface area (Å²) in [6.45, 7) is 4.57. The molecule has 0 saturated carbocycles. The zero-order valence-electron chi connectivity index (χ0n) is 12.5. The summed E-state index contributed by atoms with van der Waals surface area (Å²) < 4.78 is 5.17. The molecular weight excluding hydrogens is 272 g/mol. The summed E-state index contributed by atoms with van der Waals surface area (Å²) in [5, 5.41) is 12.4. The van der Waals surface area contributed by atoms with Gasteiger partial charge < -0.3 is 14.8 Å². The van der Waals surface area contributed by atoms with E-state index in [1.165, 1.54) is 0 Å². The van der Waals surface area contributed by atoms with E-state index in [0.717, 1.165) is 6.42 Å². The number of carbonyl (C=O) groups is 2. The first-order valence-corrected chi connectivity index (χ1v) is 7.31. The highest BCUT2D eigenvalue weighted by Gasteiger charge is 2.49. The van der Waals surface area contributed by atoms with E-state index >= 15 is 0 Å². The predicted molar refractivity (Wildman–Crippen MR) is 76.6 cm³/mol. The van der Waals surface area contributed by atoms with E-state index in [1.54, 1.807) is 25.3 Å². The average Bonchev–Trinajstić information content (AvgIpc) is 3.13. The Morgan fingerprint density at radius 3 is 2.90 bits per heavy atom. The quantitative estimate of drug-likeness (QED) is 0.833. The standard InChI is InChI=1S/C15H22N2O4/c1-3-15(14(19)20)7-5-8-17(15)11(2)13(18)16-10-12-6-4-9-21-12/h4,6,9,11H,3,5,7-8,10H2,1-2H3,(H,16,18)(H,19,20). The van der Waals surface area contributed by atoms with Gasteiger partial charge in [-0.2, -0.15) is 0 Å². The maximum absolute atomic E-state index is 12.3. The number of nitrogens with one attached hydrogen (secondary N) is 1. The number of furan rings is 1. The van der Waals surface area contributed by atoms with Gasteiger partial charge in [-0.1, -0.05) is 6.92 Å². The largest absolute Gasteiger partial charge is 0.480 e. The van der Waals surface area contributed by atoms with Gasteiger partial charge in [0, 0.05) is 6.54 Å². The van der Waals surface area contributed by atoms with Gasteiger partial charge in [0.2, 0.25) is 5.91 Å². The van der Waals surface area contributed by atoms with Crippen molar-refractivity contribution in [2.45, 2.75) is 51.2 Å². The van der Waals surface area contributed by atoms with Gasteiger partial charge in [0.1, 0.15) is 11.3 Å². The van der Waals surface area contributed by atoms with Gasteiger partial charge >= 0.3 is 5.97 Å². The molecule has 1 aromatic rings. The summed E-state index contributed by atoms with van der Waals surface area (Å²) in [5.74, 6) is -0.336. The molecule has 0 aromatic carbocycles. The predicted octanol–water partition coefficient (Wildman–Crippen LogP) is 1.61. The number of rotatable bonds is 6. The highest BCUT2D eigenvalue weighted by molar-refractivity contribution is 5.84. The zero-order valence-corrected chi connectivity index (χ0v) is 12.5. The maximum atomic E-state index is 12.3. The van der Waals surface area contributed by atoms with Crippen LogP contribution in [0.1, 0.15) is 38.9 Å². The molecule has 1 amide bonds. The summed E-state index contributed by atoms with van der Waals surface area (Å²) in [4.78, 5) is 25.7. The van der Waals surface area contributed by atoms with Gasteiger partial charge in [0.25, 0.3) is 0 Å². The van der Waals surface area contributed by atoms with Crippen LogP contribution in [0.4, 0.5) is 0 Å². The summed E-state index contributed by atoms with van der Waals surface area (Å²) in [7, 11) is 0. The van der Waals surface area contributed by atoms with Crippen molar-refractivity contribution in [1.29, 1.82) is 0 Å². The van der Waals surface area contributed by atoms with Crippen LogP contribution in [0.5, 0.6) is 0 Å². The minimum atomic E-state index is -0.915. The number of hydrogen-bond acceptors (Lipinski definition) is 4. The fourth-order valence-corrected chi connectivity index (χ4v) is 3.10. The fraction of sp³-hybridized carbons (Fsp3) is 0.600. The summed E-state index contributed by atoms with van der Waals surface area (Å²) in [6.07, 6.45) is 3.45. The van der Waals surface area contributed by atoms with E-state index in [1.807, 2.05) is 11.8 Å². The molecule has 0 radical (unpaired) electrons. The van der Waals surface area contributed by atoms with E-state index < -0.39 is 17.6 Å². The van der Waals surface area contributed by atoms with Crippen LogP contribution >= 0.6 is 0 Å². The molecule has 2 unspecified atom stereocenters. The van der Waals surface area contributed by atoms with Crippen molar-refractivity contribution in [2.24, 2.45) is 0 Å². The lowest BCUT2D eigenvalue weighted by molar-refractivity contribution is -0.152. The monoisotopic (exact) mass is 294 g/mol. The molecule has 116 valence electrons. The van der Waals surface area contributed by atoms with Gasteiger partial charge in [-0.3, -0.25) is 14.5 Å². The number of carboxylic acids is 1. The molecule has 1 aliphatic heterocycles. The van der Waals surface area contributed by atoms with Crippen LogP contribution in [-0.4, -0.2) is 40.0 Å². The van der Waals surface area contributed by atoms with Crippen molar-refractivity contribution >= 4 is 11.9 Å². The number of amides is 1. The van der Waals surface area contributed by atoms with Gasteiger partial charge in [-0.05, 0) is 38.3 Å². The molecule has 6 nitrogen and oxygen atoms in total. The van der Waals surface area contributed by atoms with Crippen molar-refractivity contribution in [2.75, 3.05) is 6.54 Å². The van der Waals surface area contributed by atoms with Crippen LogP contribution in [0.3, 0.4) is 0 Å². The Bertz CT molecular complexity index is 500. The molecule has 0 aliphatic carbocycles. The van der Waals surface area contributed by atoms with Crippen molar-refractivity contribution in [1.82, 2.24) is 10.2 Å². The van der Waals surface area contributed by atoms with E-state index in [9.17, 15) is 14.7 Å². The molecule has 0 bridgehead atoms. The number of hydrogen-bond donors (Lipinski definition) is 2. The average molecular weight is 294 g/mol. The van der Waals surface area contributed by atoms with E-state index in [0.29, 0.717) is 31.7 Å². The lowest BCUT2D eigenvalue weighted by Crippen LogP contribution is -2.57. The molecule has 2 rings (SSSR count). The van der Waals surface area contributed by atoms with Crippen molar-refractivity contribution in [3.05, 3.63) is 24.2 Å². The normalized spacial score (nSPS) is 23.9. The lowest BCUT2D eigenvalue weighted by atomic mass is 9.92. The van der Waals surface area contributed by atoms with E-state index in [4.69, 9.17) is 4.42 Å². The third kappa shape index (κ3) is 2.95. The second-order valence-corrected chi connectivity index (χ2v) is 5.46. The molecule has 2 atom stereocenters. The zero-order chi connectivity index (χ0) is 15.5. The summed E-state index contributed by atoms with van der Waals surface area (Å²) >= 11 is 0. The maximum Gasteiger partial charge on any atom is 0.324 e. The highest BCUT2D eigenvalue weighted by Crippen LogP contribution is 2.34. The molecular formula is C15H22N2O4. The van der Waals surface area contributed by atoms with Crippen LogP contribution in [0.2, 0.25) is 0 Å². The molecule has 1 aromatic heterocycles. The third-order valence-electron chi connectivity index (χ3n) is 4.39. The molecule has 21 heavy (non-hydrogen) atoms. The summed E-state index contributed by atoms with van der Waals surface area (Å²) in [6, 6.07) is 3.07. The Labute approximate surface area is 124 Å². The Hall–Kier alpha value is -1.82. The topological polar surface area (TPSA) is 82.8 Å². The molecule has 0 spiro atoms. The second kappa shape index (κ2) is 6.30. The Morgan fingerprint density at radius 2 is 2.33 bits per heavy atom. The molecule has 1 aliphatic rings. The van der Waals surface area contributed by atoms with E-state index in [-0.39, 0.29) is 5.91 Å². The van der Waals surface area contributed by atoms with Crippen LogP contribution in [0.25, 0.3) is 0 Å².